The zero-order valence-electron chi connectivity index (χ0n) is 21.8. The van der Waals surface area contributed by atoms with Crippen molar-refractivity contribution in [3.63, 3.8) is 0 Å². The van der Waals surface area contributed by atoms with Crippen LogP contribution in [0.25, 0.3) is 11.0 Å². The molecule has 15 heteroatoms. The number of nitrogens with zero attached hydrogens (tertiary/aromatic N) is 2. The molecule has 218 valence electrons. The second-order valence-electron chi connectivity index (χ2n) is 9.78. The van der Waals surface area contributed by atoms with Gasteiger partial charge in [0.05, 0.1) is 32.3 Å². The molecular formula is C25H26Cl2F5N5O3. The highest BCUT2D eigenvalue weighted by molar-refractivity contribution is 6.39. The van der Waals surface area contributed by atoms with Crippen molar-refractivity contribution in [3.8, 4) is 5.75 Å². The quantitative estimate of drug-likeness (QED) is 0.250. The fourth-order valence-electron chi connectivity index (χ4n) is 3.46. The van der Waals surface area contributed by atoms with Crippen molar-refractivity contribution in [2.75, 3.05) is 18.5 Å². The summed E-state index contributed by atoms with van der Waals surface area (Å²) in [5.74, 6) is -1.57. The number of rotatable bonds is 9. The first-order chi connectivity index (χ1) is 18.5. The predicted octanol–water partition coefficient (Wildman–Crippen LogP) is 6.22. The summed E-state index contributed by atoms with van der Waals surface area (Å²) in [7, 11) is 1.56. The fraction of sp³-hybridized carbons (Fsp3) is 0.400. The zero-order valence-corrected chi connectivity index (χ0v) is 23.3. The Morgan fingerprint density at radius 3 is 2.38 bits per heavy atom. The third-order valence-electron chi connectivity index (χ3n) is 5.57. The van der Waals surface area contributed by atoms with Crippen LogP contribution in [0, 0.1) is 5.41 Å². The second-order valence-corrected chi connectivity index (χ2v) is 10.6. The lowest BCUT2D eigenvalue weighted by Gasteiger charge is -2.19. The van der Waals surface area contributed by atoms with Crippen molar-refractivity contribution in [2.24, 2.45) is 12.5 Å². The van der Waals surface area contributed by atoms with Crippen molar-refractivity contribution in [1.82, 2.24) is 20.2 Å². The maximum absolute atomic E-state index is 12.8. The highest BCUT2D eigenvalue weighted by Crippen LogP contribution is 2.37. The summed E-state index contributed by atoms with van der Waals surface area (Å²) in [6.07, 6.45) is -7.58. The molecule has 0 saturated carbocycles. The number of carbonyl (C=O) groups excluding carboxylic acids is 2. The Morgan fingerprint density at radius 2 is 1.77 bits per heavy atom. The van der Waals surface area contributed by atoms with Crippen molar-refractivity contribution in [2.45, 2.75) is 39.9 Å². The van der Waals surface area contributed by atoms with Gasteiger partial charge in [0.15, 0.2) is 0 Å². The Balaban J connectivity index is 1.98. The topological polar surface area (TPSA) is 97.3 Å². The Bertz CT molecular complexity index is 1420. The van der Waals surface area contributed by atoms with E-state index < -0.39 is 42.6 Å². The van der Waals surface area contributed by atoms with Gasteiger partial charge in [-0.15, -0.1) is 0 Å². The first-order valence-corrected chi connectivity index (χ1v) is 12.5. The highest BCUT2D eigenvalue weighted by atomic mass is 35.5. The van der Waals surface area contributed by atoms with E-state index >= 15 is 0 Å². The van der Waals surface area contributed by atoms with Gasteiger partial charge in [-0.3, -0.25) is 9.59 Å². The van der Waals surface area contributed by atoms with E-state index in [-0.39, 0.29) is 45.4 Å². The van der Waals surface area contributed by atoms with Crippen molar-refractivity contribution >= 4 is 57.7 Å². The second kappa shape index (κ2) is 12.0. The minimum Gasteiger partial charge on any atom is -0.487 e. The molecule has 0 unspecified atom stereocenters. The van der Waals surface area contributed by atoms with Crippen LogP contribution in [0.2, 0.25) is 10.0 Å². The third kappa shape index (κ3) is 7.66. The predicted molar refractivity (Wildman–Crippen MR) is 142 cm³/mol. The van der Waals surface area contributed by atoms with E-state index in [0.29, 0.717) is 11.1 Å². The molecule has 0 atom stereocenters. The maximum atomic E-state index is 12.8. The van der Waals surface area contributed by atoms with Crippen molar-refractivity contribution in [1.29, 1.82) is 0 Å². The lowest BCUT2D eigenvalue weighted by molar-refractivity contribution is -0.128. The number of fused-ring (bicyclic) bond motifs is 1. The number of aromatic nitrogens is 2. The number of hydrogen-bond donors (Lipinski definition) is 3. The monoisotopic (exact) mass is 609 g/mol. The average Bonchev–Trinajstić information content (AvgIpc) is 3.15. The minimum atomic E-state index is -4.69. The van der Waals surface area contributed by atoms with Gasteiger partial charge in [-0.25, -0.2) is 13.8 Å². The maximum Gasteiger partial charge on any atom is 0.405 e. The Hall–Kier alpha value is -3.32. The van der Waals surface area contributed by atoms with Crippen LogP contribution in [-0.4, -0.2) is 47.1 Å². The van der Waals surface area contributed by atoms with E-state index in [1.807, 2.05) is 0 Å². The molecule has 1 heterocycles. The van der Waals surface area contributed by atoms with Crippen LogP contribution in [0.1, 0.15) is 36.7 Å². The standard InChI is InChI=1S/C25H26Cl2F5N5O3/c1-24(2,3)22(39)33-9-12-5-6-14(26)20(19(12)27)36-23-35-15-7-13(21(38)34-11-25(30,31)32)17(40-10-18(28)29)8-16(15)37(23)4/h5-8,18H,9-11H2,1-4H3,(H,33,39)(H,34,38)(H,35,36). The van der Waals surface area contributed by atoms with E-state index in [9.17, 15) is 31.5 Å². The lowest BCUT2D eigenvalue weighted by atomic mass is 9.95. The van der Waals surface area contributed by atoms with Gasteiger partial charge in [0.2, 0.25) is 11.9 Å². The number of amides is 2. The van der Waals surface area contributed by atoms with Gasteiger partial charge in [0, 0.05) is 25.1 Å². The highest BCUT2D eigenvalue weighted by Gasteiger charge is 2.29. The van der Waals surface area contributed by atoms with Crippen LogP contribution in [0.15, 0.2) is 24.3 Å². The number of imidazole rings is 1. The molecule has 2 aromatic carbocycles. The Morgan fingerprint density at radius 1 is 1.10 bits per heavy atom. The minimum absolute atomic E-state index is 0.116. The summed E-state index contributed by atoms with van der Waals surface area (Å²) >= 11 is 12.9. The summed E-state index contributed by atoms with van der Waals surface area (Å²) in [4.78, 5) is 29.1. The van der Waals surface area contributed by atoms with Crippen molar-refractivity contribution < 1.29 is 36.3 Å². The zero-order chi connectivity index (χ0) is 30.0. The van der Waals surface area contributed by atoms with Gasteiger partial charge in [-0.1, -0.05) is 50.0 Å². The summed E-state index contributed by atoms with van der Waals surface area (Å²) in [6.45, 7) is 2.69. The number of ether oxygens (including phenoxy) is 1. The van der Waals surface area contributed by atoms with Crippen LogP contribution in [-0.2, 0) is 18.4 Å². The van der Waals surface area contributed by atoms with Crippen LogP contribution in [0.5, 0.6) is 5.75 Å². The van der Waals surface area contributed by atoms with Crippen LogP contribution >= 0.6 is 23.2 Å². The summed E-state index contributed by atoms with van der Waals surface area (Å²) < 4.78 is 70.0. The molecule has 0 saturated heterocycles. The molecule has 0 bridgehead atoms. The number of anilines is 2. The molecule has 40 heavy (non-hydrogen) atoms. The number of hydrogen-bond acceptors (Lipinski definition) is 5. The summed E-state index contributed by atoms with van der Waals surface area (Å²) in [5.41, 5.74) is 0.229. The molecule has 0 aliphatic rings. The Labute approximate surface area is 236 Å². The molecule has 0 aliphatic carbocycles. The molecule has 3 aromatic rings. The first-order valence-electron chi connectivity index (χ1n) is 11.8. The number of aryl methyl sites for hydroxylation is 1. The van der Waals surface area contributed by atoms with Gasteiger partial charge in [-0.2, -0.15) is 13.2 Å². The Kier molecular flexibility index (Phi) is 9.40. The lowest BCUT2D eigenvalue weighted by Crippen LogP contribution is -2.34. The molecule has 8 nitrogen and oxygen atoms in total. The van der Waals surface area contributed by atoms with Gasteiger partial charge in [0.1, 0.15) is 18.9 Å². The SMILES string of the molecule is Cn1c(Nc2c(Cl)ccc(CNC(=O)C(C)(C)C)c2Cl)nc2cc(C(=O)NCC(F)(F)F)c(OCC(F)F)cc21. The third-order valence-corrected chi connectivity index (χ3v) is 6.32. The molecule has 0 radical (unpaired) electrons. The molecule has 3 N–H and O–H groups in total. The normalized spacial score (nSPS) is 12.1. The van der Waals surface area contributed by atoms with Gasteiger partial charge in [-0.05, 0) is 17.7 Å². The fourth-order valence-corrected chi connectivity index (χ4v) is 3.99. The number of halogens is 7. The average molecular weight is 610 g/mol. The smallest absolute Gasteiger partial charge is 0.405 e. The number of nitrogens with one attached hydrogen (secondary N) is 3. The molecule has 0 spiro atoms. The van der Waals surface area contributed by atoms with Crippen LogP contribution in [0.3, 0.4) is 0 Å². The van der Waals surface area contributed by atoms with Gasteiger partial charge in [0.25, 0.3) is 12.3 Å². The van der Waals surface area contributed by atoms with E-state index in [4.69, 9.17) is 27.9 Å². The van der Waals surface area contributed by atoms with Gasteiger partial charge < -0.3 is 25.3 Å². The van der Waals surface area contributed by atoms with Crippen LogP contribution in [0.4, 0.5) is 33.6 Å². The molecule has 0 fully saturated rings. The van der Waals surface area contributed by atoms with Crippen LogP contribution < -0.4 is 20.7 Å². The first kappa shape index (κ1) is 31.2. The summed E-state index contributed by atoms with van der Waals surface area (Å²) in [6, 6.07) is 5.57. The van der Waals surface area contributed by atoms with E-state index in [1.165, 1.54) is 10.6 Å². The molecule has 0 aliphatic heterocycles. The van der Waals surface area contributed by atoms with E-state index in [0.717, 1.165) is 6.07 Å². The molecule has 3 rings (SSSR count). The number of carbonyl (C=O) groups is 2. The molecule has 1 aromatic heterocycles. The largest absolute Gasteiger partial charge is 0.487 e. The van der Waals surface area contributed by atoms with E-state index in [1.54, 1.807) is 45.3 Å². The van der Waals surface area contributed by atoms with E-state index in [2.05, 4.69) is 15.6 Å². The molecule has 2 amide bonds. The van der Waals surface area contributed by atoms with Gasteiger partial charge >= 0.3 is 6.18 Å². The van der Waals surface area contributed by atoms with Crippen molar-refractivity contribution in [3.05, 3.63) is 45.4 Å². The number of benzene rings is 2. The number of alkyl halides is 5. The molecular weight excluding hydrogens is 584 g/mol. The summed E-state index contributed by atoms with van der Waals surface area (Å²) in [5, 5.41) is 7.89.